The number of nitriles is 4. The van der Waals surface area contributed by atoms with Crippen LogP contribution in [0.25, 0.3) is 9.69 Å². The Bertz CT molecular complexity index is 975. The van der Waals surface area contributed by atoms with Crippen LogP contribution in [-0.2, 0) is 19.1 Å². The lowest BCUT2D eigenvalue weighted by Crippen LogP contribution is -2.17. The van der Waals surface area contributed by atoms with Gasteiger partial charge >= 0.3 is 11.9 Å². The predicted octanol–water partition coefficient (Wildman–Crippen LogP) is 1.40. The van der Waals surface area contributed by atoms with E-state index in [1.54, 1.807) is 12.1 Å². The summed E-state index contributed by atoms with van der Waals surface area (Å²) in [7, 11) is 0. The molecular formula is C22H18N8O4. The molecule has 0 saturated heterocycles. The van der Waals surface area contributed by atoms with E-state index >= 15 is 0 Å². The van der Waals surface area contributed by atoms with Crippen molar-refractivity contribution in [2.24, 2.45) is 0 Å². The molecule has 0 aliphatic heterocycles. The van der Waals surface area contributed by atoms with Crippen molar-refractivity contribution < 1.29 is 19.1 Å². The van der Waals surface area contributed by atoms with Crippen molar-refractivity contribution in [3.63, 3.8) is 0 Å². The lowest BCUT2D eigenvalue weighted by Gasteiger charge is -2.10. The number of esters is 2. The minimum atomic E-state index is -0.978. The summed E-state index contributed by atoms with van der Waals surface area (Å²) >= 11 is 0. The molecule has 0 aromatic carbocycles. The van der Waals surface area contributed by atoms with E-state index in [4.69, 9.17) is 43.7 Å². The molecule has 0 aliphatic carbocycles. The van der Waals surface area contributed by atoms with Crippen LogP contribution < -0.4 is 0 Å². The SMILES string of the molecule is [C-]#[N+]CN(/C=C/C=C(\C#N)C(=O)OCCOC(=O)/C(C#N)=C/C=C/N(CC#N)CC#N)C[N+]#[C-]. The van der Waals surface area contributed by atoms with Crippen LogP contribution >= 0.6 is 0 Å². The van der Waals surface area contributed by atoms with Crippen LogP contribution in [0.15, 0.2) is 47.9 Å². The minimum Gasteiger partial charge on any atom is -0.458 e. The number of ether oxygens (including phenoxy) is 2. The summed E-state index contributed by atoms with van der Waals surface area (Å²) in [5, 5.41) is 35.5. The van der Waals surface area contributed by atoms with Crippen molar-refractivity contribution in [1.29, 1.82) is 21.0 Å². The van der Waals surface area contributed by atoms with Gasteiger partial charge in [-0.05, 0) is 24.3 Å². The summed E-state index contributed by atoms with van der Waals surface area (Å²) in [6, 6.07) is 7.02. The third kappa shape index (κ3) is 12.2. The molecule has 0 radical (unpaired) electrons. The maximum absolute atomic E-state index is 11.9. The molecule has 0 aromatic heterocycles. The molecule has 0 unspecified atom stereocenters. The van der Waals surface area contributed by atoms with Gasteiger partial charge in [0.2, 0.25) is 0 Å². The van der Waals surface area contributed by atoms with Crippen molar-refractivity contribution in [1.82, 2.24) is 9.80 Å². The van der Waals surface area contributed by atoms with Crippen molar-refractivity contribution in [3.8, 4) is 24.3 Å². The highest BCUT2D eigenvalue weighted by molar-refractivity contribution is 5.93. The van der Waals surface area contributed by atoms with E-state index < -0.39 is 11.9 Å². The lowest BCUT2D eigenvalue weighted by atomic mass is 10.2. The van der Waals surface area contributed by atoms with Crippen LogP contribution in [0, 0.1) is 58.5 Å². The van der Waals surface area contributed by atoms with Crippen LogP contribution in [0.3, 0.4) is 0 Å². The molecule has 0 fully saturated rings. The van der Waals surface area contributed by atoms with Gasteiger partial charge in [-0.25, -0.2) is 27.6 Å². The van der Waals surface area contributed by atoms with E-state index in [0.717, 1.165) is 12.2 Å². The number of hydrogen-bond donors (Lipinski definition) is 0. The molecule has 0 heterocycles. The zero-order valence-corrected chi connectivity index (χ0v) is 17.9. The molecule has 12 heteroatoms. The number of allylic oxidation sites excluding steroid dienone is 4. The van der Waals surface area contributed by atoms with E-state index in [1.165, 1.54) is 34.4 Å². The van der Waals surface area contributed by atoms with Gasteiger partial charge in [0, 0.05) is 12.4 Å². The Hall–Kier alpha value is -5.56. The highest BCUT2D eigenvalue weighted by Crippen LogP contribution is 2.01. The standard InChI is InChI=1S/C22H18N8O4/c1-27-17-30(18-28-2)10-4-6-20(16-26)22(32)34-14-13-33-21(31)19(15-25)5-3-9-29(11-7-23)12-8-24/h3-6,9-10H,11-14,17-18H2/b9-3+,10-4+,19-5+,20-6+. The first-order valence-corrected chi connectivity index (χ1v) is 9.27. The van der Waals surface area contributed by atoms with E-state index in [-0.39, 0.29) is 50.8 Å². The first-order valence-electron chi connectivity index (χ1n) is 9.27. The van der Waals surface area contributed by atoms with Gasteiger partial charge in [-0.15, -0.1) is 0 Å². The van der Waals surface area contributed by atoms with Crippen molar-refractivity contribution >= 4 is 11.9 Å². The Kier molecular flexibility index (Phi) is 15.2. The molecule has 0 N–H and O–H groups in total. The molecule has 12 nitrogen and oxygen atoms in total. The molecule has 0 bridgehead atoms. The minimum absolute atomic E-state index is 0.0508. The zero-order chi connectivity index (χ0) is 25.6. The average Bonchev–Trinajstić information content (AvgIpc) is 2.82. The van der Waals surface area contributed by atoms with Crippen LogP contribution in [0.2, 0.25) is 0 Å². The second kappa shape index (κ2) is 18.2. The number of nitrogens with zero attached hydrogens (tertiary/aromatic N) is 8. The molecule has 0 aromatic rings. The second-order valence-electron chi connectivity index (χ2n) is 5.75. The molecule has 0 rings (SSSR count). The van der Waals surface area contributed by atoms with Gasteiger partial charge in [0.25, 0.3) is 13.3 Å². The van der Waals surface area contributed by atoms with Gasteiger partial charge in [0.1, 0.15) is 49.6 Å². The van der Waals surface area contributed by atoms with Gasteiger partial charge in [-0.2, -0.15) is 21.0 Å². The van der Waals surface area contributed by atoms with Gasteiger partial charge in [-0.3, -0.25) is 9.69 Å². The highest BCUT2D eigenvalue weighted by atomic mass is 16.6. The molecule has 0 saturated carbocycles. The lowest BCUT2D eigenvalue weighted by molar-refractivity contribution is -0.146. The number of hydrogen-bond acceptors (Lipinski definition) is 10. The molecule has 0 spiro atoms. The van der Waals surface area contributed by atoms with Crippen LogP contribution in [0.5, 0.6) is 0 Å². The van der Waals surface area contributed by atoms with E-state index in [0.29, 0.717) is 0 Å². The molecule has 0 aliphatic rings. The van der Waals surface area contributed by atoms with Gasteiger partial charge < -0.3 is 14.4 Å². The molecular weight excluding hydrogens is 440 g/mol. The van der Waals surface area contributed by atoms with E-state index in [1.807, 2.05) is 12.1 Å². The van der Waals surface area contributed by atoms with Gasteiger partial charge in [0.05, 0.1) is 12.1 Å². The number of rotatable bonds is 13. The predicted molar refractivity (Wildman–Crippen MR) is 115 cm³/mol. The fourth-order valence-corrected chi connectivity index (χ4v) is 1.91. The Morgan fingerprint density at radius 1 is 0.765 bits per heavy atom. The van der Waals surface area contributed by atoms with E-state index in [2.05, 4.69) is 9.69 Å². The quantitative estimate of drug-likeness (QED) is 0.0749. The van der Waals surface area contributed by atoms with Crippen molar-refractivity contribution in [3.05, 3.63) is 70.7 Å². The topological polar surface area (TPSA) is 163 Å². The monoisotopic (exact) mass is 458 g/mol. The maximum Gasteiger partial charge on any atom is 0.349 e. The number of carbonyl (C=O) groups is 2. The normalized spacial score (nSPS) is 10.6. The van der Waals surface area contributed by atoms with Crippen LogP contribution in [0.4, 0.5) is 0 Å². The summed E-state index contributed by atoms with van der Waals surface area (Å²) in [6.07, 6.45) is 7.67. The summed E-state index contributed by atoms with van der Waals surface area (Å²) in [6.45, 7) is 12.6. The van der Waals surface area contributed by atoms with E-state index in [9.17, 15) is 9.59 Å². The van der Waals surface area contributed by atoms with Crippen molar-refractivity contribution in [2.75, 3.05) is 39.6 Å². The Labute approximate surface area is 196 Å². The summed E-state index contributed by atoms with van der Waals surface area (Å²) in [5.41, 5.74) is -0.710. The highest BCUT2D eigenvalue weighted by Gasteiger charge is 2.12. The third-order valence-electron chi connectivity index (χ3n) is 3.40. The Balaban J connectivity index is 4.78. The fourth-order valence-electron chi connectivity index (χ4n) is 1.91. The largest absolute Gasteiger partial charge is 0.458 e. The maximum atomic E-state index is 11.9. The fraction of sp³-hybridized carbons (Fsp3) is 0.273. The Morgan fingerprint density at radius 2 is 1.18 bits per heavy atom. The van der Waals surface area contributed by atoms with Crippen LogP contribution in [0.1, 0.15) is 0 Å². The van der Waals surface area contributed by atoms with Gasteiger partial charge in [0.15, 0.2) is 0 Å². The first-order chi connectivity index (χ1) is 16.5. The Morgan fingerprint density at radius 3 is 1.53 bits per heavy atom. The average molecular weight is 458 g/mol. The summed E-state index contributed by atoms with van der Waals surface area (Å²) < 4.78 is 9.68. The zero-order valence-electron chi connectivity index (χ0n) is 17.9. The smallest absolute Gasteiger partial charge is 0.349 e. The summed E-state index contributed by atoms with van der Waals surface area (Å²) in [5.74, 6) is -1.95. The van der Waals surface area contributed by atoms with Gasteiger partial charge in [-0.1, -0.05) is 0 Å². The second-order valence-corrected chi connectivity index (χ2v) is 5.75. The molecule has 0 atom stereocenters. The van der Waals surface area contributed by atoms with Crippen LogP contribution in [-0.4, -0.2) is 61.4 Å². The number of carbonyl (C=O) groups excluding carboxylic acids is 2. The molecule has 170 valence electrons. The van der Waals surface area contributed by atoms with Crippen molar-refractivity contribution in [2.45, 2.75) is 0 Å². The molecule has 0 amide bonds. The first kappa shape index (κ1) is 28.4. The summed E-state index contributed by atoms with van der Waals surface area (Å²) in [4.78, 5) is 32.9. The molecule has 34 heavy (non-hydrogen) atoms. The third-order valence-corrected chi connectivity index (χ3v) is 3.40.